The zero-order valence-electron chi connectivity index (χ0n) is 13.0. The highest BCUT2D eigenvalue weighted by atomic mass is 35.5. The van der Waals surface area contributed by atoms with Crippen molar-refractivity contribution in [3.8, 4) is 0 Å². The highest BCUT2D eigenvalue weighted by Gasteiger charge is 2.40. The van der Waals surface area contributed by atoms with Crippen molar-refractivity contribution in [2.24, 2.45) is 17.6 Å². The lowest BCUT2D eigenvalue weighted by atomic mass is 9.93. The van der Waals surface area contributed by atoms with Gasteiger partial charge in [-0.1, -0.05) is 20.8 Å². The van der Waals surface area contributed by atoms with Gasteiger partial charge in [0.1, 0.15) is 5.01 Å². The molecule has 1 aliphatic heterocycles. The first-order chi connectivity index (χ1) is 8.93. The average Bonchev–Trinajstić information content (AvgIpc) is 2.97. The minimum atomic E-state index is 0. The van der Waals surface area contributed by atoms with E-state index in [0.29, 0.717) is 6.04 Å². The molecule has 21 heavy (non-hydrogen) atoms. The standard InChI is InChI=1S/C15H25N3S.2ClH/c1-15(2,3)13-9-19-14(17-13)8-18-6-10-4-5-12(16)11(10)7-18;;/h9-12H,4-8,16H2,1-3H3;2*1H. The fraction of sp³-hybridized carbons (Fsp3) is 0.800. The Balaban J connectivity index is 0.00000110. The fourth-order valence-electron chi connectivity index (χ4n) is 3.45. The number of aromatic nitrogens is 1. The van der Waals surface area contributed by atoms with Crippen LogP contribution in [0, 0.1) is 11.8 Å². The molecule has 3 atom stereocenters. The molecular formula is C15H27Cl2N3S. The van der Waals surface area contributed by atoms with Gasteiger partial charge in [0.15, 0.2) is 0 Å². The summed E-state index contributed by atoms with van der Waals surface area (Å²) in [6.07, 6.45) is 2.56. The molecule has 1 saturated carbocycles. The van der Waals surface area contributed by atoms with Crippen LogP contribution in [0.25, 0.3) is 0 Å². The van der Waals surface area contributed by atoms with Crippen LogP contribution in [0.15, 0.2) is 5.38 Å². The van der Waals surface area contributed by atoms with Crippen molar-refractivity contribution in [2.45, 2.75) is 51.6 Å². The molecule has 2 fully saturated rings. The summed E-state index contributed by atoms with van der Waals surface area (Å²) in [6, 6.07) is 0.441. The largest absolute Gasteiger partial charge is 0.327 e. The number of nitrogens with two attached hydrogens (primary N) is 1. The Kier molecular flexibility index (Phi) is 6.52. The lowest BCUT2D eigenvalue weighted by molar-refractivity contribution is 0.297. The van der Waals surface area contributed by atoms with E-state index in [9.17, 15) is 0 Å². The maximum Gasteiger partial charge on any atom is 0.107 e. The van der Waals surface area contributed by atoms with Gasteiger partial charge in [0, 0.05) is 29.9 Å². The van der Waals surface area contributed by atoms with Crippen molar-refractivity contribution in [1.82, 2.24) is 9.88 Å². The number of rotatable bonds is 2. The van der Waals surface area contributed by atoms with Crippen molar-refractivity contribution < 1.29 is 0 Å². The van der Waals surface area contributed by atoms with Crippen molar-refractivity contribution in [1.29, 1.82) is 0 Å². The van der Waals surface area contributed by atoms with Crippen molar-refractivity contribution >= 4 is 36.2 Å². The van der Waals surface area contributed by atoms with Crippen LogP contribution in [0.2, 0.25) is 0 Å². The van der Waals surface area contributed by atoms with Crippen LogP contribution in [-0.2, 0) is 12.0 Å². The predicted molar refractivity (Wildman–Crippen MR) is 94.8 cm³/mol. The fourth-order valence-corrected chi connectivity index (χ4v) is 4.51. The Hall–Kier alpha value is 0.130. The summed E-state index contributed by atoms with van der Waals surface area (Å²) in [5.74, 6) is 1.58. The smallest absolute Gasteiger partial charge is 0.107 e. The summed E-state index contributed by atoms with van der Waals surface area (Å²) in [5, 5.41) is 3.48. The molecule has 0 radical (unpaired) electrons. The van der Waals surface area contributed by atoms with Gasteiger partial charge in [-0.25, -0.2) is 4.98 Å². The van der Waals surface area contributed by atoms with E-state index in [4.69, 9.17) is 10.7 Å². The summed E-state index contributed by atoms with van der Waals surface area (Å²) in [6.45, 7) is 10.1. The number of likely N-dealkylation sites (tertiary alicyclic amines) is 1. The summed E-state index contributed by atoms with van der Waals surface area (Å²) >= 11 is 1.81. The van der Waals surface area contributed by atoms with E-state index in [1.54, 1.807) is 0 Å². The molecule has 122 valence electrons. The van der Waals surface area contributed by atoms with E-state index in [0.717, 1.165) is 18.4 Å². The first-order valence-corrected chi connectivity index (χ1v) is 8.24. The van der Waals surface area contributed by atoms with E-state index < -0.39 is 0 Å². The lowest BCUT2D eigenvalue weighted by Crippen LogP contribution is -2.30. The molecule has 1 aromatic rings. The highest BCUT2D eigenvalue weighted by molar-refractivity contribution is 7.09. The summed E-state index contributed by atoms with van der Waals surface area (Å²) in [4.78, 5) is 7.36. The summed E-state index contributed by atoms with van der Waals surface area (Å²) in [5.41, 5.74) is 7.59. The number of nitrogens with zero attached hydrogens (tertiary/aromatic N) is 2. The molecule has 0 bridgehead atoms. The van der Waals surface area contributed by atoms with Gasteiger partial charge in [-0.05, 0) is 24.7 Å². The topological polar surface area (TPSA) is 42.1 Å². The monoisotopic (exact) mass is 351 g/mol. The third kappa shape index (κ3) is 4.11. The lowest BCUT2D eigenvalue weighted by Gasteiger charge is -2.17. The number of fused-ring (bicyclic) bond motifs is 1. The molecule has 1 saturated heterocycles. The quantitative estimate of drug-likeness (QED) is 0.886. The predicted octanol–water partition coefficient (Wildman–Crippen LogP) is 3.45. The highest BCUT2D eigenvalue weighted by Crippen LogP contribution is 2.37. The summed E-state index contributed by atoms with van der Waals surface area (Å²) < 4.78 is 0. The van der Waals surface area contributed by atoms with E-state index in [1.165, 1.54) is 36.6 Å². The first kappa shape index (κ1) is 19.2. The SMILES string of the molecule is CC(C)(C)c1csc(CN2CC3CCC(N)C3C2)n1.Cl.Cl. The van der Waals surface area contributed by atoms with Crippen molar-refractivity contribution in [3.63, 3.8) is 0 Å². The van der Waals surface area contributed by atoms with Crippen molar-refractivity contribution in [3.05, 3.63) is 16.1 Å². The Labute approximate surface area is 144 Å². The third-order valence-corrected chi connectivity index (χ3v) is 5.50. The van der Waals surface area contributed by atoms with Gasteiger partial charge >= 0.3 is 0 Å². The van der Waals surface area contributed by atoms with Gasteiger partial charge in [0.2, 0.25) is 0 Å². The Bertz CT molecular complexity index is 458. The second kappa shape index (κ2) is 7.14. The van der Waals surface area contributed by atoms with Crippen LogP contribution in [0.3, 0.4) is 0 Å². The van der Waals surface area contributed by atoms with E-state index in [1.807, 2.05) is 11.3 Å². The van der Waals surface area contributed by atoms with Gasteiger partial charge in [0.25, 0.3) is 0 Å². The average molecular weight is 352 g/mol. The van der Waals surface area contributed by atoms with Crippen LogP contribution in [0.4, 0.5) is 0 Å². The van der Waals surface area contributed by atoms with Gasteiger partial charge in [-0.15, -0.1) is 36.2 Å². The maximum atomic E-state index is 6.20. The third-order valence-electron chi connectivity index (χ3n) is 4.67. The zero-order chi connectivity index (χ0) is 13.6. The van der Waals surface area contributed by atoms with Crippen LogP contribution < -0.4 is 5.73 Å². The molecule has 1 aliphatic carbocycles. The second-order valence-corrected chi connectivity index (χ2v) is 8.18. The molecule has 2 N–H and O–H groups in total. The van der Waals surface area contributed by atoms with E-state index in [2.05, 4.69) is 31.1 Å². The number of thiazole rings is 1. The van der Waals surface area contributed by atoms with E-state index >= 15 is 0 Å². The molecule has 3 rings (SSSR count). The normalized spacial score (nSPS) is 28.9. The molecule has 3 unspecified atom stereocenters. The van der Waals surface area contributed by atoms with Gasteiger partial charge < -0.3 is 5.73 Å². The summed E-state index contributed by atoms with van der Waals surface area (Å²) in [7, 11) is 0. The molecular weight excluding hydrogens is 325 g/mol. The molecule has 3 nitrogen and oxygen atoms in total. The van der Waals surface area contributed by atoms with Gasteiger partial charge in [0.05, 0.1) is 12.2 Å². The van der Waals surface area contributed by atoms with Gasteiger partial charge in [-0.2, -0.15) is 0 Å². The van der Waals surface area contributed by atoms with Crippen LogP contribution in [0.1, 0.15) is 44.3 Å². The molecule has 0 amide bonds. The number of hydrogen-bond acceptors (Lipinski definition) is 4. The molecule has 2 heterocycles. The zero-order valence-corrected chi connectivity index (χ0v) is 15.5. The van der Waals surface area contributed by atoms with Crippen molar-refractivity contribution in [2.75, 3.05) is 13.1 Å². The van der Waals surface area contributed by atoms with Crippen LogP contribution in [0.5, 0.6) is 0 Å². The number of halogens is 2. The molecule has 6 heteroatoms. The molecule has 0 aromatic carbocycles. The molecule has 2 aliphatic rings. The Morgan fingerprint density at radius 1 is 1.29 bits per heavy atom. The second-order valence-electron chi connectivity index (χ2n) is 7.24. The Morgan fingerprint density at radius 2 is 2.00 bits per heavy atom. The molecule has 1 aromatic heterocycles. The molecule has 0 spiro atoms. The number of hydrogen-bond donors (Lipinski definition) is 1. The van der Waals surface area contributed by atoms with Gasteiger partial charge in [-0.3, -0.25) is 4.90 Å². The van der Waals surface area contributed by atoms with E-state index in [-0.39, 0.29) is 30.2 Å². The van der Waals surface area contributed by atoms with Crippen LogP contribution in [-0.4, -0.2) is 29.0 Å². The maximum absolute atomic E-state index is 6.20. The minimum Gasteiger partial charge on any atom is -0.327 e. The van der Waals surface area contributed by atoms with Crippen LogP contribution >= 0.6 is 36.2 Å². The minimum absolute atomic E-state index is 0. The Morgan fingerprint density at radius 3 is 2.57 bits per heavy atom. The first-order valence-electron chi connectivity index (χ1n) is 7.36.